The number of aliphatic carboxylic acids is 1. The highest BCUT2D eigenvalue weighted by atomic mass is 19.4. The zero-order chi connectivity index (χ0) is 31.3. The first kappa shape index (κ1) is 31.6. The number of piperazine rings is 1. The number of imidazole rings is 1. The summed E-state index contributed by atoms with van der Waals surface area (Å²) in [6.45, 7) is 9.41. The number of likely N-dealkylation sites (tertiary alicyclic amines) is 1. The maximum Gasteiger partial charge on any atom is 0.490 e. The Bertz CT molecular complexity index is 1550. The van der Waals surface area contributed by atoms with Crippen molar-refractivity contribution in [2.24, 2.45) is 5.92 Å². The lowest BCUT2D eigenvalue weighted by Crippen LogP contribution is -2.48. The maximum absolute atomic E-state index is 13.5. The van der Waals surface area contributed by atoms with E-state index in [1.165, 1.54) is 74.4 Å². The summed E-state index contributed by atoms with van der Waals surface area (Å²) in [5.41, 5.74) is 6.27. The Morgan fingerprint density at radius 1 is 0.932 bits per heavy atom. The average molecular weight is 612 g/mol. The van der Waals surface area contributed by atoms with Crippen molar-refractivity contribution in [1.82, 2.24) is 24.7 Å². The number of carboxylic acid groups (broad SMARTS) is 1. The third kappa shape index (κ3) is 8.43. The molecule has 2 aliphatic heterocycles. The van der Waals surface area contributed by atoms with Gasteiger partial charge in [-0.25, -0.2) is 14.2 Å². The zero-order valence-electron chi connectivity index (χ0n) is 24.7. The van der Waals surface area contributed by atoms with Crippen LogP contribution in [0.25, 0.3) is 33.5 Å². The standard InChI is InChI=1S/C31H36FN5.C2HF3O2/c1-35-13-3-5-24(20-35)22-37-16-14-36(15-17-37)21-23-4-2-6-27(18-23)25-7-9-26(10-8-25)31-33-29-12-11-28(32)19-30(29)34-31;3-2(4,5)1(6)7/h2,4,6-12,18-19,24H,3,5,13-17,20-22H2,1H3,(H,33,34);(H,6,7). The van der Waals surface area contributed by atoms with Gasteiger partial charge in [0.2, 0.25) is 0 Å². The molecule has 0 aliphatic carbocycles. The van der Waals surface area contributed by atoms with E-state index in [-0.39, 0.29) is 5.82 Å². The summed E-state index contributed by atoms with van der Waals surface area (Å²) in [6, 6.07) is 22.0. The highest BCUT2D eigenvalue weighted by molar-refractivity contribution is 5.80. The Labute approximate surface area is 254 Å². The Hall–Kier alpha value is -3.80. The second-order valence-electron chi connectivity index (χ2n) is 11.7. The number of carbonyl (C=O) groups is 1. The van der Waals surface area contributed by atoms with Gasteiger partial charge in [0.15, 0.2) is 0 Å². The van der Waals surface area contributed by atoms with Gasteiger partial charge in [-0.05, 0) is 73.3 Å². The summed E-state index contributed by atoms with van der Waals surface area (Å²) in [5, 5.41) is 7.12. The van der Waals surface area contributed by atoms with E-state index in [0.717, 1.165) is 42.5 Å². The molecule has 0 bridgehead atoms. The van der Waals surface area contributed by atoms with Crippen LogP contribution in [-0.4, -0.2) is 94.8 Å². The molecule has 0 amide bonds. The van der Waals surface area contributed by atoms with E-state index >= 15 is 0 Å². The first-order valence-electron chi connectivity index (χ1n) is 14.8. The molecule has 2 fully saturated rings. The summed E-state index contributed by atoms with van der Waals surface area (Å²) >= 11 is 0. The summed E-state index contributed by atoms with van der Waals surface area (Å²) in [5.74, 6) is -1.42. The predicted octanol–water partition coefficient (Wildman–Crippen LogP) is 6.13. The Kier molecular flexibility index (Phi) is 9.97. The fourth-order valence-electron chi connectivity index (χ4n) is 5.96. The summed E-state index contributed by atoms with van der Waals surface area (Å²) in [4.78, 5) is 24.5. The van der Waals surface area contributed by atoms with Gasteiger partial charge in [-0.2, -0.15) is 13.2 Å². The fourth-order valence-corrected chi connectivity index (χ4v) is 5.96. The molecule has 234 valence electrons. The first-order chi connectivity index (χ1) is 21.0. The van der Waals surface area contributed by atoms with Crippen molar-refractivity contribution in [3.05, 3.63) is 78.1 Å². The normalized spacial score (nSPS) is 18.6. The van der Waals surface area contributed by atoms with E-state index in [2.05, 4.69) is 80.2 Å². The quantitative estimate of drug-likeness (QED) is 0.256. The molecule has 6 rings (SSSR count). The van der Waals surface area contributed by atoms with Gasteiger partial charge in [0.25, 0.3) is 0 Å². The van der Waals surface area contributed by atoms with E-state index < -0.39 is 12.1 Å². The van der Waals surface area contributed by atoms with E-state index in [0.29, 0.717) is 5.52 Å². The van der Waals surface area contributed by atoms with Crippen LogP contribution < -0.4 is 0 Å². The van der Waals surface area contributed by atoms with Crippen LogP contribution in [0.1, 0.15) is 18.4 Å². The number of hydrogen-bond donors (Lipinski definition) is 2. The van der Waals surface area contributed by atoms with Crippen molar-refractivity contribution in [1.29, 1.82) is 0 Å². The van der Waals surface area contributed by atoms with Crippen molar-refractivity contribution in [3.8, 4) is 22.5 Å². The molecule has 2 aliphatic rings. The van der Waals surface area contributed by atoms with Crippen LogP contribution in [0.4, 0.5) is 17.6 Å². The Morgan fingerprint density at radius 2 is 1.61 bits per heavy atom. The Morgan fingerprint density at radius 3 is 2.30 bits per heavy atom. The molecule has 0 radical (unpaired) electrons. The number of hydrogen-bond acceptors (Lipinski definition) is 5. The number of fused-ring (bicyclic) bond motifs is 1. The molecule has 0 spiro atoms. The lowest BCUT2D eigenvalue weighted by Gasteiger charge is -2.38. The lowest BCUT2D eigenvalue weighted by atomic mass is 9.97. The molecule has 3 heterocycles. The van der Waals surface area contributed by atoms with Crippen LogP contribution in [-0.2, 0) is 11.3 Å². The van der Waals surface area contributed by atoms with Gasteiger partial charge in [0.05, 0.1) is 11.0 Å². The van der Waals surface area contributed by atoms with Gasteiger partial charge < -0.3 is 19.9 Å². The van der Waals surface area contributed by atoms with Gasteiger partial charge in [0.1, 0.15) is 11.6 Å². The third-order valence-electron chi connectivity index (χ3n) is 8.21. The highest BCUT2D eigenvalue weighted by Crippen LogP contribution is 2.26. The number of H-pyrrole nitrogens is 1. The van der Waals surface area contributed by atoms with Crippen LogP contribution in [0, 0.1) is 11.7 Å². The minimum Gasteiger partial charge on any atom is -0.475 e. The second-order valence-corrected chi connectivity index (χ2v) is 11.7. The molecule has 2 saturated heterocycles. The number of nitrogens with one attached hydrogen (secondary N) is 1. The maximum atomic E-state index is 13.5. The van der Waals surface area contributed by atoms with Gasteiger partial charge in [-0.1, -0.05) is 42.5 Å². The van der Waals surface area contributed by atoms with E-state index in [1.54, 1.807) is 6.07 Å². The molecule has 1 unspecified atom stereocenters. The molecular formula is C33H37F4N5O2. The van der Waals surface area contributed by atoms with E-state index in [4.69, 9.17) is 9.90 Å². The highest BCUT2D eigenvalue weighted by Gasteiger charge is 2.38. The number of halogens is 4. The predicted molar refractivity (Wildman–Crippen MR) is 163 cm³/mol. The van der Waals surface area contributed by atoms with Gasteiger partial charge in [-0.15, -0.1) is 0 Å². The fraction of sp³-hybridized carbons (Fsp3) is 0.394. The molecule has 2 N–H and O–H groups in total. The molecule has 4 aromatic rings. The molecule has 0 saturated carbocycles. The first-order valence-corrected chi connectivity index (χ1v) is 14.8. The molecule has 3 aromatic carbocycles. The van der Waals surface area contributed by atoms with Crippen molar-refractivity contribution in [2.75, 3.05) is 52.9 Å². The summed E-state index contributed by atoms with van der Waals surface area (Å²) in [7, 11) is 2.26. The summed E-state index contributed by atoms with van der Waals surface area (Å²) < 4.78 is 45.3. The molecule has 1 aromatic heterocycles. The average Bonchev–Trinajstić information content (AvgIpc) is 3.42. The molecule has 7 nitrogen and oxygen atoms in total. The van der Waals surface area contributed by atoms with Crippen LogP contribution >= 0.6 is 0 Å². The van der Waals surface area contributed by atoms with Gasteiger partial charge in [-0.3, -0.25) is 4.90 Å². The molecule has 1 atom stereocenters. The minimum atomic E-state index is -5.08. The number of alkyl halides is 3. The molecule has 11 heteroatoms. The van der Waals surface area contributed by atoms with Crippen molar-refractivity contribution in [2.45, 2.75) is 25.6 Å². The van der Waals surface area contributed by atoms with Crippen LogP contribution in [0.5, 0.6) is 0 Å². The third-order valence-corrected chi connectivity index (χ3v) is 8.21. The lowest BCUT2D eigenvalue weighted by molar-refractivity contribution is -0.192. The number of carboxylic acids is 1. The topological polar surface area (TPSA) is 75.7 Å². The van der Waals surface area contributed by atoms with E-state index in [9.17, 15) is 17.6 Å². The van der Waals surface area contributed by atoms with Crippen LogP contribution in [0.15, 0.2) is 66.7 Å². The van der Waals surface area contributed by atoms with Crippen LogP contribution in [0.2, 0.25) is 0 Å². The van der Waals surface area contributed by atoms with Gasteiger partial charge >= 0.3 is 12.1 Å². The number of aromatic nitrogens is 2. The SMILES string of the molecule is CN1CCCC(CN2CCN(Cc3cccc(-c4ccc(-c5nc6ccc(F)cc6[nH]5)cc4)c3)CC2)C1.O=C(O)C(F)(F)F. The van der Waals surface area contributed by atoms with Crippen molar-refractivity contribution >= 4 is 17.0 Å². The smallest absolute Gasteiger partial charge is 0.475 e. The molecule has 44 heavy (non-hydrogen) atoms. The van der Waals surface area contributed by atoms with Crippen LogP contribution in [0.3, 0.4) is 0 Å². The van der Waals surface area contributed by atoms with Crippen molar-refractivity contribution < 1.29 is 27.5 Å². The minimum absolute atomic E-state index is 0.257. The second kappa shape index (κ2) is 13.9. The van der Waals surface area contributed by atoms with Crippen molar-refractivity contribution in [3.63, 3.8) is 0 Å². The molecular weight excluding hydrogens is 574 g/mol. The van der Waals surface area contributed by atoms with E-state index in [1.807, 2.05) is 0 Å². The number of aromatic amines is 1. The van der Waals surface area contributed by atoms with Gasteiger partial charge in [0, 0.05) is 51.4 Å². The largest absolute Gasteiger partial charge is 0.490 e. The Balaban J connectivity index is 0.000000493. The number of nitrogens with zero attached hydrogens (tertiary/aromatic N) is 4. The summed E-state index contributed by atoms with van der Waals surface area (Å²) in [6.07, 6.45) is -2.35. The zero-order valence-corrected chi connectivity index (χ0v) is 24.7. The number of benzene rings is 3. The number of piperidine rings is 1. The monoisotopic (exact) mass is 611 g/mol. The number of rotatable bonds is 6.